The average molecular weight is 292 g/mol. The second-order valence-corrected chi connectivity index (χ2v) is 6.94. The standard InChI is InChI=1S/C17H32N4/c1-8-13(3)12-21(9-2)16-18-10-15(14(4)20-16)11-19-17(5,6)7/h10,13,19H,8-9,11-12H2,1-7H3. The summed E-state index contributed by atoms with van der Waals surface area (Å²) < 4.78 is 0. The second kappa shape index (κ2) is 7.74. The van der Waals surface area contributed by atoms with Gasteiger partial charge in [-0.15, -0.1) is 0 Å². The first kappa shape index (κ1) is 17.9. The van der Waals surface area contributed by atoms with E-state index in [2.05, 4.69) is 63.7 Å². The predicted molar refractivity (Wildman–Crippen MR) is 90.7 cm³/mol. The Morgan fingerprint density at radius 1 is 1.29 bits per heavy atom. The number of aryl methyl sites for hydroxylation is 1. The van der Waals surface area contributed by atoms with Gasteiger partial charge in [0.05, 0.1) is 0 Å². The van der Waals surface area contributed by atoms with Gasteiger partial charge >= 0.3 is 0 Å². The molecule has 1 unspecified atom stereocenters. The number of hydrogen-bond acceptors (Lipinski definition) is 4. The van der Waals surface area contributed by atoms with Gasteiger partial charge in [-0.3, -0.25) is 0 Å². The lowest BCUT2D eigenvalue weighted by atomic mass is 10.1. The molecule has 0 spiro atoms. The van der Waals surface area contributed by atoms with Crippen LogP contribution in [0.15, 0.2) is 6.20 Å². The second-order valence-electron chi connectivity index (χ2n) is 6.94. The van der Waals surface area contributed by atoms with E-state index >= 15 is 0 Å². The largest absolute Gasteiger partial charge is 0.341 e. The van der Waals surface area contributed by atoms with Crippen molar-refractivity contribution in [3.8, 4) is 0 Å². The van der Waals surface area contributed by atoms with Crippen molar-refractivity contribution in [3.05, 3.63) is 17.5 Å². The van der Waals surface area contributed by atoms with Crippen molar-refractivity contribution in [1.29, 1.82) is 0 Å². The quantitative estimate of drug-likeness (QED) is 0.834. The Morgan fingerprint density at radius 3 is 2.43 bits per heavy atom. The predicted octanol–water partition coefficient (Wildman–Crippen LogP) is 3.55. The summed E-state index contributed by atoms with van der Waals surface area (Å²) in [5.74, 6) is 1.52. The van der Waals surface area contributed by atoms with Crippen LogP contribution in [0.1, 0.15) is 59.2 Å². The van der Waals surface area contributed by atoms with Crippen molar-refractivity contribution < 1.29 is 0 Å². The van der Waals surface area contributed by atoms with Gasteiger partial charge in [-0.1, -0.05) is 20.3 Å². The normalized spacial score (nSPS) is 13.3. The van der Waals surface area contributed by atoms with Crippen molar-refractivity contribution in [2.75, 3.05) is 18.0 Å². The van der Waals surface area contributed by atoms with Crippen LogP contribution in [-0.2, 0) is 6.54 Å². The molecule has 1 aromatic rings. The molecule has 0 saturated carbocycles. The first-order valence-corrected chi connectivity index (χ1v) is 8.09. The molecular formula is C17H32N4. The van der Waals surface area contributed by atoms with E-state index in [0.717, 1.165) is 31.3 Å². The number of nitrogens with one attached hydrogen (secondary N) is 1. The Kier molecular flexibility index (Phi) is 6.59. The maximum Gasteiger partial charge on any atom is 0.225 e. The molecule has 0 saturated heterocycles. The van der Waals surface area contributed by atoms with E-state index in [0.29, 0.717) is 5.92 Å². The number of aromatic nitrogens is 2. The maximum atomic E-state index is 4.71. The van der Waals surface area contributed by atoms with E-state index in [1.807, 2.05) is 6.20 Å². The Bertz CT molecular complexity index is 437. The summed E-state index contributed by atoms with van der Waals surface area (Å²) in [7, 11) is 0. The van der Waals surface area contributed by atoms with E-state index in [9.17, 15) is 0 Å². The minimum atomic E-state index is 0.108. The molecule has 21 heavy (non-hydrogen) atoms. The lowest BCUT2D eigenvalue weighted by Crippen LogP contribution is -2.35. The highest BCUT2D eigenvalue weighted by molar-refractivity contribution is 5.32. The molecule has 1 atom stereocenters. The third-order valence-corrected chi connectivity index (χ3v) is 3.77. The van der Waals surface area contributed by atoms with E-state index in [4.69, 9.17) is 4.98 Å². The molecule has 1 aromatic heterocycles. The molecule has 1 heterocycles. The fourth-order valence-electron chi connectivity index (χ4n) is 2.02. The van der Waals surface area contributed by atoms with E-state index in [1.165, 1.54) is 12.0 Å². The van der Waals surface area contributed by atoms with Gasteiger partial charge in [0.15, 0.2) is 0 Å². The van der Waals surface area contributed by atoms with Crippen LogP contribution in [0.5, 0.6) is 0 Å². The summed E-state index contributed by atoms with van der Waals surface area (Å²) in [4.78, 5) is 11.5. The van der Waals surface area contributed by atoms with Gasteiger partial charge in [0.1, 0.15) is 0 Å². The molecule has 0 radical (unpaired) electrons. The smallest absolute Gasteiger partial charge is 0.225 e. The van der Waals surface area contributed by atoms with E-state index < -0.39 is 0 Å². The first-order chi connectivity index (χ1) is 9.76. The summed E-state index contributed by atoms with van der Waals surface area (Å²) in [6, 6.07) is 0. The molecule has 4 heteroatoms. The highest BCUT2D eigenvalue weighted by Gasteiger charge is 2.14. The molecule has 0 amide bonds. The lowest BCUT2D eigenvalue weighted by molar-refractivity contribution is 0.423. The molecule has 0 fully saturated rings. The van der Waals surface area contributed by atoms with Crippen molar-refractivity contribution in [1.82, 2.24) is 15.3 Å². The molecule has 1 rings (SSSR count). The highest BCUT2D eigenvalue weighted by Crippen LogP contribution is 2.14. The van der Waals surface area contributed by atoms with Gasteiger partial charge in [-0.2, -0.15) is 0 Å². The fraction of sp³-hybridized carbons (Fsp3) is 0.765. The zero-order chi connectivity index (χ0) is 16.0. The Labute approximate surface area is 130 Å². The zero-order valence-corrected chi connectivity index (χ0v) is 14.8. The molecule has 4 nitrogen and oxygen atoms in total. The molecular weight excluding hydrogens is 260 g/mol. The SMILES string of the molecule is CCC(C)CN(CC)c1ncc(CNC(C)(C)C)c(C)n1. The number of nitrogens with zero attached hydrogens (tertiary/aromatic N) is 3. The molecule has 120 valence electrons. The summed E-state index contributed by atoms with van der Waals surface area (Å²) in [6.45, 7) is 18.0. The van der Waals surface area contributed by atoms with Crippen molar-refractivity contribution in [2.45, 2.75) is 67.0 Å². The van der Waals surface area contributed by atoms with Gasteiger partial charge < -0.3 is 10.2 Å². The van der Waals surface area contributed by atoms with Gasteiger partial charge in [0, 0.05) is 42.6 Å². The van der Waals surface area contributed by atoms with Crippen LogP contribution in [0.3, 0.4) is 0 Å². The molecule has 0 aromatic carbocycles. The van der Waals surface area contributed by atoms with Crippen LogP contribution in [-0.4, -0.2) is 28.6 Å². The van der Waals surface area contributed by atoms with Crippen LogP contribution in [0, 0.1) is 12.8 Å². The summed E-state index contributed by atoms with van der Waals surface area (Å²) in [5, 5.41) is 3.49. The fourth-order valence-corrected chi connectivity index (χ4v) is 2.02. The van der Waals surface area contributed by atoms with Crippen LogP contribution < -0.4 is 10.2 Å². The molecule has 0 aliphatic rings. The number of rotatable bonds is 7. The maximum absolute atomic E-state index is 4.71. The monoisotopic (exact) mass is 292 g/mol. The minimum absolute atomic E-state index is 0.108. The Hall–Kier alpha value is -1.16. The molecule has 1 N–H and O–H groups in total. The van der Waals surface area contributed by atoms with Crippen LogP contribution in [0.2, 0.25) is 0 Å². The molecule has 0 aliphatic carbocycles. The lowest BCUT2D eigenvalue weighted by Gasteiger charge is -2.25. The third kappa shape index (κ3) is 6.00. The van der Waals surface area contributed by atoms with E-state index in [-0.39, 0.29) is 5.54 Å². The Balaban J connectivity index is 2.80. The summed E-state index contributed by atoms with van der Waals surface area (Å²) in [6.07, 6.45) is 3.15. The topological polar surface area (TPSA) is 41.1 Å². The van der Waals surface area contributed by atoms with Crippen molar-refractivity contribution in [3.63, 3.8) is 0 Å². The van der Waals surface area contributed by atoms with Gasteiger partial charge in [-0.25, -0.2) is 9.97 Å². The van der Waals surface area contributed by atoms with Gasteiger partial charge in [0.25, 0.3) is 0 Å². The van der Waals surface area contributed by atoms with E-state index in [1.54, 1.807) is 0 Å². The van der Waals surface area contributed by atoms with Gasteiger partial charge in [0.2, 0.25) is 5.95 Å². The van der Waals surface area contributed by atoms with Crippen molar-refractivity contribution in [2.24, 2.45) is 5.92 Å². The van der Waals surface area contributed by atoms with Crippen LogP contribution >= 0.6 is 0 Å². The van der Waals surface area contributed by atoms with Gasteiger partial charge in [-0.05, 0) is 40.5 Å². The minimum Gasteiger partial charge on any atom is -0.341 e. The summed E-state index contributed by atoms with van der Waals surface area (Å²) in [5.41, 5.74) is 2.35. The average Bonchev–Trinajstić information content (AvgIpc) is 2.42. The Morgan fingerprint density at radius 2 is 1.95 bits per heavy atom. The molecule has 0 aliphatic heterocycles. The molecule has 0 bridgehead atoms. The third-order valence-electron chi connectivity index (χ3n) is 3.77. The highest BCUT2D eigenvalue weighted by atomic mass is 15.2. The number of anilines is 1. The zero-order valence-electron chi connectivity index (χ0n) is 14.8. The number of hydrogen-bond donors (Lipinski definition) is 1. The summed E-state index contributed by atoms with van der Waals surface area (Å²) >= 11 is 0. The first-order valence-electron chi connectivity index (χ1n) is 8.09. The van der Waals surface area contributed by atoms with Crippen molar-refractivity contribution >= 4 is 5.95 Å². The van der Waals surface area contributed by atoms with Crippen LogP contribution in [0.25, 0.3) is 0 Å². The van der Waals surface area contributed by atoms with Crippen LogP contribution in [0.4, 0.5) is 5.95 Å².